The van der Waals surface area contributed by atoms with Gasteiger partial charge in [-0.15, -0.1) is 0 Å². The van der Waals surface area contributed by atoms with Crippen molar-refractivity contribution in [3.8, 4) is 17.3 Å². The molecule has 1 heterocycles. The van der Waals surface area contributed by atoms with Crippen LogP contribution in [0.3, 0.4) is 0 Å². The van der Waals surface area contributed by atoms with E-state index in [1.54, 1.807) is 0 Å². The number of H-pyrrole nitrogens is 1. The molecule has 2 aromatic rings. The zero-order valence-corrected chi connectivity index (χ0v) is 15.9. The Hall–Kier alpha value is -2.06. The van der Waals surface area contributed by atoms with Crippen molar-refractivity contribution in [3.63, 3.8) is 0 Å². The molecular weight excluding hydrogens is 342 g/mol. The molecule has 0 aliphatic heterocycles. The fraction of sp³-hybridized carbons (Fsp3) is 0.476. The molecule has 1 aromatic carbocycles. The number of benzene rings is 1. The first-order valence-corrected chi connectivity index (χ1v) is 10.3. The van der Waals surface area contributed by atoms with E-state index in [1.165, 1.54) is 49.4 Å². The van der Waals surface area contributed by atoms with Crippen molar-refractivity contribution in [2.75, 3.05) is 5.75 Å². The number of nitrogens with one attached hydrogen (secondary N) is 1. The third-order valence-corrected chi connectivity index (χ3v) is 6.82. The van der Waals surface area contributed by atoms with Gasteiger partial charge in [0, 0.05) is 11.0 Å². The molecule has 5 heteroatoms. The van der Waals surface area contributed by atoms with Crippen molar-refractivity contribution in [2.45, 2.75) is 56.0 Å². The highest BCUT2D eigenvalue weighted by Crippen LogP contribution is 2.48. The molecule has 0 spiro atoms. The molecule has 1 N–H and O–H groups in total. The number of rotatable bonds is 3. The second-order valence-electron chi connectivity index (χ2n) is 7.63. The lowest BCUT2D eigenvalue weighted by molar-refractivity contribution is 0.213. The van der Waals surface area contributed by atoms with Gasteiger partial charge in [0.05, 0.1) is 23.1 Å². The summed E-state index contributed by atoms with van der Waals surface area (Å²) in [6.45, 7) is 2.26. The number of hydrogen-bond acceptors (Lipinski definition) is 4. The summed E-state index contributed by atoms with van der Waals surface area (Å²) in [5.41, 5.74) is 3.82. The SMILES string of the molecule is CC1(C2CCCCC2)Cc2ccccc2-c2nc(SCC#N)[nH]c(=O)c21. The third kappa shape index (κ3) is 2.87. The van der Waals surface area contributed by atoms with Gasteiger partial charge in [-0.3, -0.25) is 4.79 Å². The van der Waals surface area contributed by atoms with E-state index in [4.69, 9.17) is 10.2 Å². The number of nitrogens with zero attached hydrogens (tertiary/aromatic N) is 2. The number of aromatic nitrogens is 2. The van der Waals surface area contributed by atoms with Crippen LogP contribution in [0.4, 0.5) is 0 Å². The van der Waals surface area contributed by atoms with Crippen molar-refractivity contribution in [3.05, 3.63) is 45.7 Å². The molecule has 0 bridgehead atoms. The van der Waals surface area contributed by atoms with Crippen LogP contribution in [-0.2, 0) is 11.8 Å². The van der Waals surface area contributed by atoms with Gasteiger partial charge in [0.2, 0.25) is 0 Å². The van der Waals surface area contributed by atoms with E-state index in [0.29, 0.717) is 11.1 Å². The Kier molecular flexibility index (Phi) is 4.62. The Morgan fingerprint density at radius 2 is 2.08 bits per heavy atom. The van der Waals surface area contributed by atoms with Crippen molar-refractivity contribution in [1.29, 1.82) is 5.26 Å². The second kappa shape index (κ2) is 6.92. The van der Waals surface area contributed by atoms with Gasteiger partial charge < -0.3 is 4.98 Å². The zero-order chi connectivity index (χ0) is 18.1. The average Bonchev–Trinajstić information content (AvgIpc) is 2.67. The minimum atomic E-state index is -0.177. The summed E-state index contributed by atoms with van der Waals surface area (Å²) in [6.07, 6.45) is 7.06. The molecule has 1 aromatic heterocycles. The van der Waals surface area contributed by atoms with Crippen molar-refractivity contribution >= 4 is 11.8 Å². The average molecular weight is 366 g/mol. The lowest BCUT2D eigenvalue weighted by Crippen LogP contribution is -2.43. The molecule has 134 valence electrons. The minimum Gasteiger partial charge on any atom is -0.301 e. The van der Waals surface area contributed by atoms with E-state index in [0.717, 1.165) is 23.2 Å². The van der Waals surface area contributed by atoms with E-state index in [9.17, 15) is 4.79 Å². The molecule has 1 atom stereocenters. The normalized spacial score (nSPS) is 22.3. The first-order valence-electron chi connectivity index (χ1n) is 9.36. The molecule has 2 aliphatic rings. The maximum atomic E-state index is 13.1. The van der Waals surface area contributed by atoms with E-state index in [2.05, 4.69) is 36.2 Å². The zero-order valence-electron chi connectivity index (χ0n) is 15.0. The fourth-order valence-electron chi connectivity index (χ4n) is 4.82. The number of fused-ring (bicyclic) bond motifs is 3. The molecule has 1 saturated carbocycles. The van der Waals surface area contributed by atoms with Crippen molar-refractivity contribution < 1.29 is 0 Å². The standard InChI is InChI=1S/C21H23N3OS/c1-21(15-8-3-2-4-9-15)13-14-7-5-6-10-16(14)18-17(21)19(25)24-20(23-18)26-12-11-22/h5-7,10,15H,2-4,8-9,12-13H2,1H3,(H,23,24,25). The highest BCUT2D eigenvalue weighted by Gasteiger charge is 2.44. The van der Waals surface area contributed by atoms with Crippen LogP contribution in [0.15, 0.2) is 34.2 Å². The van der Waals surface area contributed by atoms with E-state index >= 15 is 0 Å². The molecule has 0 saturated heterocycles. The van der Waals surface area contributed by atoms with Gasteiger partial charge in [-0.2, -0.15) is 5.26 Å². The molecule has 0 radical (unpaired) electrons. The Bertz CT molecular complexity index is 924. The molecular formula is C21H23N3OS. The summed E-state index contributed by atoms with van der Waals surface area (Å²) in [6, 6.07) is 10.4. The predicted molar refractivity (Wildman–Crippen MR) is 104 cm³/mol. The monoisotopic (exact) mass is 365 g/mol. The highest BCUT2D eigenvalue weighted by atomic mass is 32.2. The predicted octanol–water partition coefficient (Wildman–Crippen LogP) is 4.45. The first-order chi connectivity index (χ1) is 12.6. The van der Waals surface area contributed by atoms with E-state index in [-0.39, 0.29) is 16.7 Å². The molecule has 4 nitrogen and oxygen atoms in total. The Morgan fingerprint density at radius 3 is 2.85 bits per heavy atom. The number of nitriles is 1. The van der Waals surface area contributed by atoms with Crippen molar-refractivity contribution in [2.24, 2.45) is 5.92 Å². The number of thioether (sulfide) groups is 1. The minimum absolute atomic E-state index is 0.0296. The summed E-state index contributed by atoms with van der Waals surface area (Å²) in [5.74, 6) is 0.798. The summed E-state index contributed by atoms with van der Waals surface area (Å²) >= 11 is 1.29. The maximum absolute atomic E-state index is 13.1. The van der Waals surface area contributed by atoms with Gasteiger partial charge in [0.25, 0.3) is 5.56 Å². The van der Waals surface area contributed by atoms with Gasteiger partial charge in [0.1, 0.15) is 0 Å². The van der Waals surface area contributed by atoms with E-state index < -0.39 is 0 Å². The molecule has 4 rings (SSSR count). The quantitative estimate of drug-likeness (QED) is 0.644. The first kappa shape index (κ1) is 17.4. The summed E-state index contributed by atoms with van der Waals surface area (Å²) in [7, 11) is 0. The lowest BCUT2D eigenvalue weighted by atomic mass is 9.60. The van der Waals surface area contributed by atoms with Crippen molar-refractivity contribution in [1.82, 2.24) is 9.97 Å². The van der Waals surface area contributed by atoms with Crippen LogP contribution in [-0.4, -0.2) is 15.7 Å². The Morgan fingerprint density at radius 1 is 1.31 bits per heavy atom. The van der Waals surface area contributed by atoms with Gasteiger partial charge in [-0.05, 0) is 30.7 Å². The maximum Gasteiger partial charge on any atom is 0.255 e. The fourth-order valence-corrected chi connectivity index (χ4v) is 5.35. The largest absolute Gasteiger partial charge is 0.301 e. The number of hydrogen-bond donors (Lipinski definition) is 1. The van der Waals surface area contributed by atoms with Crippen LogP contribution in [0.2, 0.25) is 0 Å². The molecule has 1 fully saturated rings. The van der Waals surface area contributed by atoms with Gasteiger partial charge in [-0.25, -0.2) is 4.98 Å². The Labute approximate surface area is 158 Å². The Balaban J connectivity index is 1.90. The smallest absolute Gasteiger partial charge is 0.255 e. The summed E-state index contributed by atoms with van der Waals surface area (Å²) in [4.78, 5) is 20.9. The second-order valence-corrected chi connectivity index (χ2v) is 8.59. The molecule has 0 amide bonds. The summed E-state index contributed by atoms with van der Waals surface area (Å²) < 4.78 is 0. The van der Waals surface area contributed by atoms with Crippen LogP contribution in [0.1, 0.15) is 50.2 Å². The van der Waals surface area contributed by atoms with Gasteiger partial charge >= 0.3 is 0 Å². The third-order valence-electron chi connectivity index (χ3n) is 6.08. The van der Waals surface area contributed by atoms with Gasteiger partial charge in [-0.1, -0.05) is 62.2 Å². The van der Waals surface area contributed by atoms with E-state index in [1.807, 2.05) is 6.07 Å². The number of aromatic amines is 1. The summed E-state index contributed by atoms with van der Waals surface area (Å²) in [5, 5.41) is 9.40. The van der Waals surface area contributed by atoms with Crippen LogP contribution < -0.4 is 5.56 Å². The topological polar surface area (TPSA) is 69.5 Å². The van der Waals surface area contributed by atoms with Crippen LogP contribution in [0, 0.1) is 17.2 Å². The molecule has 1 unspecified atom stereocenters. The van der Waals surface area contributed by atoms with Gasteiger partial charge in [0.15, 0.2) is 5.16 Å². The molecule has 26 heavy (non-hydrogen) atoms. The van der Waals surface area contributed by atoms with Crippen LogP contribution >= 0.6 is 11.8 Å². The molecule has 2 aliphatic carbocycles. The van der Waals surface area contributed by atoms with Crippen LogP contribution in [0.5, 0.6) is 0 Å². The van der Waals surface area contributed by atoms with Crippen LogP contribution in [0.25, 0.3) is 11.3 Å². The highest BCUT2D eigenvalue weighted by molar-refractivity contribution is 7.99. The lowest BCUT2D eigenvalue weighted by Gasteiger charge is -2.43.